The highest BCUT2D eigenvalue weighted by atomic mass is 35.5. The summed E-state index contributed by atoms with van der Waals surface area (Å²) in [5, 5.41) is 15.1. The zero-order valence-corrected chi connectivity index (χ0v) is 15.1. The van der Waals surface area contributed by atoms with Gasteiger partial charge >= 0.3 is 5.91 Å². The Morgan fingerprint density at radius 3 is 2.88 bits per heavy atom. The van der Waals surface area contributed by atoms with E-state index in [9.17, 15) is 9.90 Å². The number of benzene rings is 2. The van der Waals surface area contributed by atoms with Crippen LogP contribution in [0.3, 0.4) is 0 Å². The van der Waals surface area contributed by atoms with Gasteiger partial charge in [0.15, 0.2) is 17.3 Å². The molecule has 0 fully saturated rings. The summed E-state index contributed by atoms with van der Waals surface area (Å²) in [5.41, 5.74) is 3.47. The molecule has 0 spiro atoms. The summed E-state index contributed by atoms with van der Waals surface area (Å²) in [6.45, 7) is 2.16. The van der Waals surface area contributed by atoms with Crippen LogP contribution in [0.15, 0.2) is 45.9 Å². The molecule has 1 amide bonds. The Morgan fingerprint density at radius 1 is 1.31 bits per heavy atom. The highest BCUT2D eigenvalue weighted by Crippen LogP contribution is 2.34. The van der Waals surface area contributed by atoms with Crippen molar-refractivity contribution in [2.75, 3.05) is 6.61 Å². The number of fused-ring (bicyclic) bond motifs is 1. The molecule has 3 aromatic rings. The van der Waals surface area contributed by atoms with Crippen LogP contribution in [-0.4, -0.2) is 23.8 Å². The highest BCUT2D eigenvalue weighted by Gasteiger charge is 2.12. The third kappa shape index (κ3) is 3.92. The average Bonchev–Trinajstić information content (AvgIpc) is 3.02. The van der Waals surface area contributed by atoms with Gasteiger partial charge in [0.2, 0.25) is 0 Å². The summed E-state index contributed by atoms with van der Waals surface area (Å²) < 4.78 is 10.7. The lowest BCUT2D eigenvalue weighted by Gasteiger charge is -2.08. The zero-order chi connectivity index (χ0) is 18.7. The van der Waals surface area contributed by atoms with E-state index in [2.05, 4.69) is 10.5 Å². The number of phenolic OH excluding ortho intramolecular Hbond substituents is 1. The van der Waals surface area contributed by atoms with E-state index in [-0.39, 0.29) is 22.3 Å². The second kappa shape index (κ2) is 7.68. The van der Waals surface area contributed by atoms with E-state index in [0.717, 1.165) is 5.39 Å². The number of furan rings is 1. The number of amides is 1. The Bertz CT molecular complexity index is 998. The predicted molar refractivity (Wildman–Crippen MR) is 101 cm³/mol. The number of rotatable bonds is 5. The largest absolute Gasteiger partial charge is 0.503 e. The monoisotopic (exact) mass is 392 g/mol. The van der Waals surface area contributed by atoms with Crippen molar-refractivity contribution in [2.24, 2.45) is 5.10 Å². The molecule has 0 atom stereocenters. The van der Waals surface area contributed by atoms with Crippen LogP contribution in [0.1, 0.15) is 23.0 Å². The van der Waals surface area contributed by atoms with Crippen LogP contribution < -0.4 is 10.2 Å². The Hall–Kier alpha value is -2.70. The number of hydrazone groups is 1. The van der Waals surface area contributed by atoms with Crippen molar-refractivity contribution < 1.29 is 19.1 Å². The molecule has 1 heterocycles. The van der Waals surface area contributed by atoms with Gasteiger partial charge in [-0.25, -0.2) is 5.43 Å². The number of phenols is 1. The first kappa shape index (κ1) is 18.1. The minimum atomic E-state index is -0.511. The van der Waals surface area contributed by atoms with E-state index in [1.807, 2.05) is 0 Å². The van der Waals surface area contributed by atoms with E-state index in [1.165, 1.54) is 12.3 Å². The summed E-state index contributed by atoms with van der Waals surface area (Å²) in [5.74, 6) is -0.306. The Kier molecular flexibility index (Phi) is 5.35. The molecule has 0 aliphatic rings. The number of aromatic hydroxyl groups is 1. The molecule has 1 aromatic heterocycles. The minimum absolute atomic E-state index is 0.109. The lowest BCUT2D eigenvalue weighted by molar-refractivity contribution is 0.0929. The maximum atomic E-state index is 12.1. The number of halogens is 2. The molecule has 6 nitrogen and oxygen atoms in total. The smallest absolute Gasteiger partial charge is 0.307 e. The van der Waals surface area contributed by atoms with Crippen molar-refractivity contribution >= 4 is 46.3 Å². The average molecular weight is 393 g/mol. The van der Waals surface area contributed by atoms with E-state index in [4.69, 9.17) is 32.4 Å². The highest BCUT2D eigenvalue weighted by molar-refractivity contribution is 6.32. The van der Waals surface area contributed by atoms with Gasteiger partial charge in [0, 0.05) is 10.4 Å². The topological polar surface area (TPSA) is 84.1 Å². The van der Waals surface area contributed by atoms with Gasteiger partial charge < -0.3 is 14.3 Å². The number of hydrogen-bond donors (Lipinski definition) is 2. The molecule has 8 heteroatoms. The number of nitrogens with zero attached hydrogens (tertiary/aromatic N) is 1. The number of carbonyl (C=O) groups is 1. The molecular weight excluding hydrogens is 379 g/mol. The van der Waals surface area contributed by atoms with Crippen molar-refractivity contribution in [1.82, 2.24) is 5.43 Å². The molecule has 0 saturated carbocycles. The molecule has 0 radical (unpaired) electrons. The fraction of sp³-hybridized carbons (Fsp3) is 0.111. The summed E-state index contributed by atoms with van der Waals surface area (Å²) in [7, 11) is 0. The molecule has 0 aliphatic heterocycles. The second-order valence-corrected chi connectivity index (χ2v) is 6.12. The van der Waals surface area contributed by atoms with Gasteiger partial charge in [-0.3, -0.25) is 4.79 Å². The van der Waals surface area contributed by atoms with Gasteiger partial charge in [0.05, 0.1) is 17.8 Å². The molecule has 2 N–H and O–H groups in total. The molecule has 2 aromatic carbocycles. The SMILES string of the molecule is CCOc1cc(/C=N\NC(=O)c2cc3cc(Cl)ccc3o2)cc(Cl)c1O. The van der Waals surface area contributed by atoms with Crippen LogP contribution in [0.2, 0.25) is 10.0 Å². The van der Waals surface area contributed by atoms with Crippen LogP contribution in [0.4, 0.5) is 0 Å². The van der Waals surface area contributed by atoms with Gasteiger partial charge in [0.25, 0.3) is 0 Å². The molecule has 0 bridgehead atoms. The first-order chi connectivity index (χ1) is 12.5. The van der Waals surface area contributed by atoms with Gasteiger partial charge in [-0.05, 0) is 48.9 Å². The van der Waals surface area contributed by atoms with Crippen LogP contribution >= 0.6 is 23.2 Å². The normalized spacial score (nSPS) is 11.2. The van der Waals surface area contributed by atoms with E-state index in [0.29, 0.717) is 22.8 Å². The van der Waals surface area contributed by atoms with Crippen LogP contribution in [-0.2, 0) is 0 Å². The van der Waals surface area contributed by atoms with Crippen LogP contribution in [0, 0.1) is 0 Å². The van der Waals surface area contributed by atoms with E-state index in [1.54, 1.807) is 37.3 Å². The second-order valence-electron chi connectivity index (χ2n) is 5.27. The van der Waals surface area contributed by atoms with Gasteiger partial charge in [-0.2, -0.15) is 5.10 Å². The zero-order valence-electron chi connectivity index (χ0n) is 13.6. The number of carbonyl (C=O) groups excluding carboxylic acids is 1. The fourth-order valence-corrected chi connectivity index (χ4v) is 2.68. The van der Waals surface area contributed by atoms with Crippen LogP contribution in [0.25, 0.3) is 11.0 Å². The Balaban J connectivity index is 1.74. The molecule has 134 valence electrons. The quantitative estimate of drug-likeness (QED) is 0.490. The third-order valence-corrected chi connectivity index (χ3v) is 3.96. The molecule has 0 aliphatic carbocycles. The molecule has 0 unspecified atom stereocenters. The van der Waals surface area contributed by atoms with Gasteiger partial charge in [0.1, 0.15) is 5.58 Å². The Morgan fingerprint density at radius 2 is 2.12 bits per heavy atom. The maximum absolute atomic E-state index is 12.1. The first-order valence-corrected chi connectivity index (χ1v) is 8.41. The lowest BCUT2D eigenvalue weighted by Crippen LogP contribution is -2.16. The third-order valence-electron chi connectivity index (χ3n) is 3.43. The minimum Gasteiger partial charge on any atom is -0.503 e. The number of nitrogens with one attached hydrogen (secondary N) is 1. The van der Waals surface area contributed by atoms with Crippen molar-refractivity contribution in [1.29, 1.82) is 0 Å². The Labute approximate surface area is 159 Å². The summed E-state index contributed by atoms with van der Waals surface area (Å²) in [4.78, 5) is 12.1. The van der Waals surface area contributed by atoms with Crippen LogP contribution in [0.5, 0.6) is 11.5 Å². The van der Waals surface area contributed by atoms with E-state index >= 15 is 0 Å². The van der Waals surface area contributed by atoms with Crippen molar-refractivity contribution in [2.45, 2.75) is 6.92 Å². The lowest BCUT2D eigenvalue weighted by atomic mass is 10.2. The molecule has 0 saturated heterocycles. The first-order valence-electron chi connectivity index (χ1n) is 7.65. The number of hydrogen-bond acceptors (Lipinski definition) is 5. The molecule has 26 heavy (non-hydrogen) atoms. The van der Waals surface area contributed by atoms with Crippen molar-refractivity contribution in [3.8, 4) is 11.5 Å². The summed E-state index contributed by atoms with van der Waals surface area (Å²) >= 11 is 11.9. The van der Waals surface area contributed by atoms with E-state index < -0.39 is 5.91 Å². The van der Waals surface area contributed by atoms with Crippen molar-refractivity contribution in [3.63, 3.8) is 0 Å². The fourth-order valence-electron chi connectivity index (χ4n) is 2.28. The summed E-state index contributed by atoms with van der Waals surface area (Å²) in [6, 6.07) is 9.70. The predicted octanol–water partition coefficient (Wildman–Crippen LogP) is 4.61. The summed E-state index contributed by atoms with van der Waals surface area (Å²) in [6.07, 6.45) is 1.38. The van der Waals surface area contributed by atoms with Gasteiger partial charge in [-0.1, -0.05) is 23.2 Å². The van der Waals surface area contributed by atoms with Gasteiger partial charge in [-0.15, -0.1) is 0 Å². The number of ether oxygens (including phenoxy) is 1. The van der Waals surface area contributed by atoms with Crippen molar-refractivity contribution in [3.05, 3.63) is 57.8 Å². The maximum Gasteiger partial charge on any atom is 0.307 e. The molecular formula is C18H14Cl2N2O4. The standard InChI is InChI=1S/C18H14Cl2N2O4/c1-2-25-15-6-10(5-13(20)17(15)23)9-21-22-18(24)16-8-11-7-12(19)3-4-14(11)26-16/h3-9,23H,2H2,1H3,(H,22,24)/b21-9-. The molecule has 3 rings (SSSR count).